The van der Waals surface area contributed by atoms with Gasteiger partial charge in [-0.3, -0.25) is 4.79 Å². The molecule has 1 atom stereocenters. The zero-order valence-corrected chi connectivity index (χ0v) is 14.7. The lowest BCUT2D eigenvalue weighted by Crippen LogP contribution is -2.32. The summed E-state index contributed by atoms with van der Waals surface area (Å²) in [4.78, 5) is 12.3. The fourth-order valence-corrected chi connectivity index (χ4v) is 2.56. The van der Waals surface area contributed by atoms with Crippen molar-refractivity contribution in [2.75, 3.05) is 0 Å². The van der Waals surface area contributed by atoms with Crippen LogP contribution in [0, 0.1) is 0 Å². The van der Waals surface area contributed by atoms with E-state index in [0.717, 1.165) is 18.4 Å². The Balaban J connectivity index is 1.46. The van der Waals surface area contributed by atoms with Crippen LogP contribution >= 0.6 is 0 Å². The number of carbonyl (C=O) groups excluding carboxylic acids is 1. The number of hydrogen-bond acceptors (Lipinski definition) is 4. The van der Waals surface area contributed by atoms with Crippen molar-refractivity contribution < 1.29 is 14.1 Å². The highest BCUT2D eigenvalue weighted by atomic mass is 16.5. The average Bonchev–Trinajstić information content (AvgIpc) is 3.16. The molecule has 1 amide bonds. The fourth-order valence-electron chi connectivity index (χ4n) is 2.56. The molecule has 0 fully saturated rings. The van der Waals surface area contributed by atoms with Gasteiger partial charge < -0.3 is 14.6 Å². The van der Waals surface area contributed by atoms with Gasteiger partial charge in [0.05, 0.1) is 6.07 Å². The largest absolute Gasteiger partial charge is 0.471 e. The Labute approximate surface area is 153 Å². The molecular weight excluding hydrogens is 328 g/mol. The average molecular weight is 350 g/mol. The van der Waals surface area contributed by atoms with Gasteiger partial charge >= 0.3 is 0 Å². The molecule has 0 spiro atoms. The molecule has 134 valence electrons. The van der Waals surface area contributed by atoms with E-state index in [2.05, 4.69) is 22.6 Å². The number of rotatable bonds is 8. The van der Waals surface area contributed by atoms with Crippen LogP contribution in [0.1, 0.15) is 35.0 Å². The molecular formula is C21H22N2O3. The summed E-state index contributed by atoms with van der Waals surface area (Å²) < 4.78 is 10.6. The van der Waals surface area contributed by atoms with E-state index < -0.39 is 0 Å². The molecule has 0 aliphatic rings. The highest BCUT2D eigenvalue weighted by molar-refractivity contribution is 5.91. The number of nitrogens with zero attached hydrogens (tertiary/aromatic N) is 1. The van der Waals surface area contributed by atoms with Crippen molar-refractivity contribution >= 4 is 5.91 Å². The lowest BCUT2D eigenvalue weighted by molar-refractivity contribution is 0.0900. The Bertz CT molecular complexity index is 816. The third-order valence-corrected chi connectivity index (χ3v) is 4.03. The SMILES string of the molecule is C[C@H](CCc1ccccc1)NC(=O)c1cc(OCc2ccccc2)no1. The van der Waals surface area contributed by atoms with Gasteiger partial charge in [-0.15, -0.1) is 0 Å². The zero-order chi connectivity index (χ0) is 18.2. The van der Waals surface area contributed by atoms with E-state index in [1.165, 1.54) is 11.6 Å². The van der Waals surface area contributed by atoms with Crippen LogP contribution in [0.5, 0.6) is 5.88 Å². The number of aromatic nitrogens is 1. The summed E-state index contributed by atoms with van der Waals surface area (Å²) in [6.07, 6.45) is 1.76. The maximum atomic E-state index is 12.3. The third-order valence-electron chi connectivity index (χ3n) is 4.03. The van der Waals surface area contributed by atoms with E-state index in [1.54, 1.807) is 0 Å². The van der Waals surface area contributed by atoms with E-state index >= 15 is 0 Å². The lowest BCUT2D eigenvalue weighted by Gasteiger charge is -2.12. The summed E-state index contributed by atoms with van der Waals surface area (Å²) in [5, 5.41) is 6.72. The maximum absolute atomic E-state index is 12.3. The molecule has 5 nitrogen and oxygen atoms in total. The van der Waals surface area contributed by atoms with Crippen LogP contribution in [0.25, 0.3) is 0 Å². The molecule has 0 aliphatic heterocycles. The van der Waals surface area contributed by atoms with Crippen molar-refractivity contribution in [3.8, 4) is 5.88 Å². The van der Waals surface area contributed by atoms with Crippen molar-refractivity contribution in [3.05, 3.63) is 83.6 Å². The minimum Gasteiger partial charge on any atom is -0.471 e. The molecule has 3 aromatic rings. The highest BCUT2D eigenvalue weighted by Gasteiger charge is 2.16. The molecule has 2 aromatic carbocycles. The van der Waals surface area contributed by atoms with Gasteiger partial charge in [0.2, 0.25) is 5.76 Å². The summed E-state index contributed by atoms with van der Waals surface area (Å²) in [5.74, 6) is 0.170. The van der Waals surface area contributed by atoms with Crippen molar-refractivity contribution in [1.82, 2.24) is 10.5 Å². The molecule has 0 saturated carbocycles. The first-order valence-corrected chi connectivity index (χ1v) is 8.69. The van der Waals surface area contributed by atoms with Crippen molar-refractivity contribution in [1.29, 1.82) is 0 Å². The quantitative estimate of drug-likeness (QED) is 0.667. The first-order valence-electron chi connectivity index (χ1n) is 8.69. The second kappa shape index (κ2) is 8.85. The first kappa shape index (κ1) is 17.7. The van der Waals surface area contributed by atoms with Crippen molar-refractivity contribution in [2.24, 2.45) is 0 Å². The number of carbonyl (C=O) groups is 1. The zero-order valence-electron chi connectivity index (χ0n) is 14.7. The molecule has 0 saturated heterocycles. The molecule has 3 rings (SSSR count). The summed E-state index contributed by atoms with van der Waals surface area (Å²) in [6, 6.07) is 21.5. The Hall–Kier alpha value is -3.08. The van der Waals surface area contributed by atoms with Crippen LogP contribution in [0.4, 0.5) is 0 Å². The normalized spacial score (nSPS) is 11.7. The minimum atomic E-state index is -0.285. The second-order valence-corrected chi connectivity index (χ2v) is 6.20. The topological polar surface area (TPSA) is 64.4 Å². The highest BCUT2D eigenvalue weighted by Crippen LogP contribution is 2.14. The summed E-state index contributed by atoms with van der Waals surface area (Å²) in [5.41, 5.74) is 2.28. The molecule has 0 unspecified atom stereocenters. The van der Waals surface area contributed by atoms with Gasteiger partial charge in [-0.05, 0) is 36.0 Å². The second-order valence-electron chi connectivity index (χ2n) is 6.20. The first-order chi connectivity index (χ1) is 12.7. The Morgan fingerprint density at radius 2 is 1.73 bits per heavy atom. The van der Waals surface area contributed by atoms with E-state index in [0.29, 0.717) is 12.5 Å². The molecule has 1 aromatic heterocycles. The van der Waals surface area contributed by atoms with Crippen LogP contribution in [-0.4, -0.2) is 17.1 Å². The predicted molar refractivity (Wildman–Crippen MR) is 99.0 cm³/mol. The maximum Gasteiger partial charge on any atom is 0.290 e. The van der Waals surface area contributed by atoms with E-state index in [4.69, 9.17) is 9.26 Å². The lowest BCUT2D eigenvalue weighted by atomic mass is 10.1. The number of aryl methyl sites for hydroxylation is 1. The van der Waals surface area contributed by atoms with Crippen molar-refractivity contribution in [2.45, 2.75) is 32.4 Å². The number of nitrogens with one attached hydrogen (secondary N) is 1. The monoisotopic (exact) mass is 350 g/mol. The van der Waals surface area contributed by atoms with E-state index in [1.807, 2.05) is 55.5 Å². The Morgan fingerprint density at radius 1 is 1.08 bits per heavy atom. The van der Waals surface area contributed by atoms with Gasteiger partial charge in [-0.2, -0.15) is 0 Å². The number of ether oxygens (including phenoxy) is 1. The standard InChI is InChI=1S/C21H22N2O3/c1-16(12-13-17-8-4-2-5-9-17)22-21(24)19-14-20(23-26-19)25-15-18-10-6-3-7-11-18/h2-11,14,16H,12-13,15H2,1H3,(H,22,24)/t16-/m1/s1. The number of benzene rings is 2. The number of hydrogen-bond donors (Lipinski definition) is 1. The molecule has 0 aliphatic carbocycles. The van der Waals surface area contributed by atoms with Crippen LogP contribution in [-0.2, 0) is 13.0 Å². The smallest absolute Gasteiger partial charge is 0.290 e. The molecule has 26 heavy (non-hydrogen) atoms. The summed E-state index contributed by atoms with van der Waals surface area (Å²) in [7, 11) is 0. The Kier molecular flexibility index (Phi) is 6.04. The van der Waals surface area contributed by atoms with Gasteiger partial charge in [-0.25, -0.2) is 0 Å². The molecule has 1 N–H and O–H groups in total. The fraction of sp³-hybridized carbons (Fsp3) is 0.238. The molecule has 0 radical (unpaired) electrons. The van der Waals surface area contributed by atoms with Crippen LogP contribution in [0.2, 0.25) is 0 Å². The third kappa shape index (κ3) is 5.21. The Morgan fingerprint density at radius 3 is 2.42 bits per heavy atom. The van der Waals surface area contributed by atoms with Gasteiger partial charge in [0.25, 0.3) is 11.8 Å². The van der Waals surface area contributed by atoms with E-state index in [-0.39, 0.29) is 17.7 Å². The summed E-state index contributed by atoms with van der Waals surface area (Å²) >= 11 is 0. The van der Waals surface area contributed by atoms with Crippen LogP contribution in [0.3, 0.4) is 0 Å². The predicted octanol–water partition coefficient (Wildman–Crippen LogP) is 4.00. The number of amides is 1. The van der Waals surface area contributed by atoms with Crippen LogP contribution < -0.4 is 10.1 Å². The molecule has 1 heterocycles. The van der Waals surface area contributed by atoms with Gasteiger partial charge in [-0.1, -0.05) is 60.7 Å². The van der Waals surface area contributed by atoms with E-state index in [9.17, 15) is 4.79 Å². The van der Waals surface area contributed by atoms with Gasteiger partial charge in [0, 0.05) is 6.04 Å². The van der Waals surface area contributed by atoms with Gasteiger partial charge in [0.1, 0.15) is 6.61 Å². The summed E-state index contributed by atoms with van der Waals surface area (Å²) in [6.45, 7) is 2.35. The van der Waals surface area contributed by atoms with Crippen molar-refractivity contribution in [3.63, 3.8) is 0 Å². The molecule has 5 heteroatoms. The minimum absolute atomic E-state index is 0.0292. The van der Waals surface area contributed by atoms with Gasteiger partial charge in [0.15, 0.2) is 0 Å². The molecule has 0 bridgehead atoms. The van der Waals surface area contributed by atoms with Crippen LogP contribution in [0.15, 0.2) is 71.3 Å².